The number of hydrogen-bond acceptors (Lipinski definition) is 5. The number of sulfonamides is 1. The van der Waals surface area contributed by atoms with Crippen molar-refractivity contribution in [1.82, 2.24) is 19.7 Å². The third-order valence-corrected chi connectivity index (χ3v) is 4.98. The molecule has 27 heavy (non-hydrogen) atoms. The molecule has 11 heteroatoms. The first-order valence-electron chi connectivity index (χ1n) is 7.76. The van der Waals surface area contributed by atoms with Crippen molar-refractivity contribution in [1.29, 1.82) is 0 Å². The number of alkyl halides is 3. The van der Waals surface area contributed by atoms with Crippen LogP contribution in [0.25, 0.3) is 11.3 Å². The number of benzene rings is 1. The summed E-state index contributed by atoms with van der Waals surface area (Å²) in [6, 6.07) is 7.28. The van der Waals surface area contributed by atoms with Gasteiger partial charge in [-0.3, -0.25) is 19.4 Å². The lowest BCUT2D eigenvalue weighted by Crippen LogP contribution is -2.15. The Hall–Kier alpha value is -2.95. The Labute approximate surface area is 152 Å². The van der Waals surface area contributed by atoms with Crippen molar-refractivity contribution in [2.45, 2.75) is 24.5 Å². The molecule has 0 fully saturated rings. The first kappa shape index (κ1) is 18.8. The number of nitrogens with one attached hydrogen (secondary N) is 1. The zero-order valence-corrected chi connectivity index (χ0v) is 14.8. The predicted octanol–water partition coefficient (Wildman–Crippen LogP) is 3.18. The van der Waals surface area contributed by atoms with Gasteiger partial charge in [0.1, 0.15) is 0 Å². The maximum absolute atomic E-state index is 13.7. The molecule has 1 N–H and O–H groups in total. The van der Waals surface area contributed by atoms with Crippen molar-refractivity contribution in [3.8, 4) is 11.3 Å². The number of anilines is 1. The fourth-order valence-electron chi connectivity index (χ4n) is 2.51. The zero-order chi connectivity index (χ0) is 19.7. The quantitative estimate of drug-likeness (QED) is 0.714. The molecular formula is C16H14F3N5O2S. The van der Waals surface area contributed by atoms with Gasteiger partial charge >= 0.3 is 6.18 Å². The van der Waals surface area contributed by atoms with Crippen LogP contribution < -0.4 is 4.72 Å². The van der Waals surface area contributed by atoms with Crippen molar-refractivity contribution in [2.24, 2.45) is 0 Å². The molecule has 0 bridgehead atoms. The predicted molar refractivity (Wildman–Crippen MR) is 91.2 cm³/mol. The van der Waals surface area contributed by atoms with Crippen LogP contribution in [-0.4, -0.2) is 28.2 Å². The van der Waals surface area contributed by atoms with E-state index < -0.39 is 33.3 Å². The van der Waals surface area contributed by atoms with Gasteiger partial charge in [0.05, 0.1) is 22.3 Å². The van der Waals surface area contributed by atoms with Gasteiger partial charge in [-0.25, -0.2) is 8.42 Å². The highest BCUT2D eigenvalue weighted by Gasteiger charge is 2.41. The van der Waals surface area contributed by atoms with E-state index in [1.54, 1.807) is 6.07 Å². The Morgan fingerprint density at radius 1 is 1.15 bits per heavy atom. The van der Waals surface area contributed by atoms with Gasteiger partial charge in [-0.1, -0.05) is 18.2 Å². The standard InChI is InChI=1S/C16H14F3N5O2S/c1-2-24-14(16(17,18)19)13(12-10-20-8-9-21-12)15(22-24)23-27(25,26)11-6-4-3-5-7-11/h3-10H,2H2,1H3,(H,22,23). The molecule has 0 aliphatic carbocycles. The minimum Gasteiger partial charge on any atom is -0.261 e. The molecule has 0 radical (unpaired) electrons. The summed E-state index contributed by atoms with van der Waals surface area (Å²) in [6.45, 7) is 1.35. The van der Waals surface area contributed by atoms with E-state index in [9.17, 15) is 21.6 Å². The van der Waals surface area contributed by atoms with Crippen LogP contribution in [0.5, 0.6) is 0 Å². The van der Waals surface area contributed by atoms with Crippen LogP contribution >= 0.6 is 0 Å². The van der Waals surface area contributed by atoms with Crippen molar-refractivity contribution in [3.63, 3.8) is 0 Å². The zero-order valence-electron chi connectivity index (χ0n) is 14.0. The summed E-state index contributed by atoms with van der Waals surface area (Å²) in [4.78, 5) is 7.55. The molecule has 1 aromatic carbocycles. The van der Waals surface area contributed by atoms with Crippen LogP contribution in [0.3, 0.4) is 0 Å². The van der Waals surface area contributed by atoms with Crippen LogP contribution in [0.2, 0.25) is 0 Å². The Morgan fingerprint density at radius 3 is 2.41 bits per heavy atom. The van der Waals surface area contributed by atoms with Gasteiger partial charge in [0.25, 0.3) is 10.0 Å². The normalized spacial score (nSPS) is 12.1. The van der Waals surface area contributed by atoms with Crippen LogP contribution in [0.15, 0.2) is 53.8 Å². The third kappa shape index (κ3) is 3.77. The van der Waals surface area contributed by atoms with E-state index >= 15 is 0 Å². The van der Waals surface area contributed by atoms with Gasteiger partial charge < -0.3 is 0 Å². The number of halogens is 3. The molecule has 3 rings (SSSR count). The van der Waals surface area contributed by atoms with Crippen molar-refractivity contribution in [2.75, 3.05) is 4.72 Å². The summed E-state index contributed by atoms with van der Waals surface area (Å²) < 4.78 is 69.0. The van der Waals surface area contributed by atoms with E-state index in [1.165, 1.54) is 43.6 Å². The summed E-state index contributed by atoms with van der Waals surface area (Å²) >= 11 is 0. The van der Waals surface area contributed by atoms with Crippen LogP contribution in [0, 0.1) is 0 Å². The Bertz CT molecular complexity index is 1040. The number of hydrogen-bond donors (Lipinski definition) is 1. The van der Waals surface area contributed by atoms with Gasteiger partial charge in [0.2, 0.25) is 0 Å². The average Bonchev–Trinajstić information content (AvgIpc) is 3.01. The van der Waals surface area contributed by atoms with Crippen LogP contribution in [-0.2, 0) is 22.7 Å². The largest absolute Gasteiger partial charge is 0.433 e. The van der Waals surface area contributed by atoms with Gasteiger partial charge in [-0.05, 0) is 19.1 Å². The van der Waals surface area contributed by atoms with E-state index in [2.05, 4.69) is 19.8 Å². The van der Waals surface area contributed by atoms with Crippen molar-refractivity contribution >= 4 is 15.8 Å². The second-order valence-electron chi connectivity index (χ2n) is 5.39. The highest BCUT2D eigenvalue weighted by molar-refractivity contribution is 7.92. The fourth-order valence-corrected chi connectivity index (χ4v) is 3.54. The molecule has 0 spiro atoms. The summed E-state index contributed by atoms with van der Waals surface area (Å²) in [5.41, 5.74) is -1.72. The molecule has 142 valence electrons. The Morgan fingerprint density at radius 2 is 1.85 bits per heavy atom. The molecule has 2 aromatic heterocycles. The van der Waals surface area contributed by atoms with Gasteiger partial charge in [0.15, 0.2) is 11.5 Å². The molecule has 0 saturated heterocycles. The Balaban J connectivity index is 2.20. The highest BCUT2D eigenvalue weighted by Crippen LogP contribution is 2.41. The molecule has 0 saturated carbocycles. The van der Waals surface area contributed by atoms with E-state index in [4.69, 9.17) is 0 Å². The smallest absolute Gasteiger partial charge is 0.261 e. The molecule has 0 amide bonds. The summed E-state index contributed by atoms with van der Waals surface area (Å²) in [5.74, 6) is -0.464. The lowest BCUT2D eigenvalue weighted by molar-refractivity contribution is -0.143. The number of nitrogens with zero attached hydrogens (tertiary/aromatic N) is 4. The van der Waals surface area contributed by atoms with Crippen LogP contribution in [0.1, 0.15) is 12.6 Å². The lowest BCUT2D eigenvalue weighted by atomic mass is 10.1. The molecule has 2 heterocycles. The van der Waals surface area contributed by atoms with Crippen molar-refractivity contribution in [3.05, 3.63) is 54.6 Å². The van der Waals surface area contributed by atoms with E-state index in [0.717, 1.165) is 6.20 Å². The maximum atomic E-state index is 13.7. The first-order valence-corrected chi connectivity index (χ1v) is 9.24. The van der Waals surface area contributed by atoms with Crippen LogP contribution in [0.4, 0.5) is 19.0 Å². The third-order valence-electron chi connectivity index (χ3n) is 3.62. The molecule has 7 nitrogen and oxygen atoms in total. The van der Waals surface area contributed by atoms with Crippen molar-refractivity contribution < 1.29 is 21.6 Å². The average molecular weight is 397 g/mol. The molecule has 0 aliphatic heterocycles. The molecular weight excluding hydrogens is 383 g/mol. The number of rotatable bonds is 5. The minimum absolute atomic E-state index is 0.102. The summed E-state index contributed by atoms with van der Waals surface area (Å²) in [6.07, 6.45) is -1.14. The number of aryl methyl sites for hydroxylation is 1. The summed E-state index contributed by atoms with van der Waals surface area (Å²) in [7, 11) is -4.14. The first-order chi connectivity index (χ1) is 12.7. The Kier molecular flexibility index (Phi) is 4.87. The van der Waals surface area contributed by atoms with Gasteiger partial charge in [-0.15, -0.1) is 0 Å². The second-order valence-corrected chi connectivity index (χ2v) is 7.08. The monoisotopic (exact) mass is 397 g/mol. The SMILES string of the molecule is CCn1nc(NS(=O)(=O)c2ccccc2)c(-c2cnccn2)c1C(F)(F)F. The second kappa shape index (κ2) is 6.99. The summed E-state index contributed by atoms with van der Waals surface area (Å²) in [5, 5.41) is 3.82. The molecule has 0 atom stereocenters. The topological polar surface area (TPSA) is 89.8 Å². The lowest BCUT2D eigenvalue weighted by Gasteiger charge is -2.11. The maximum Gasteiger partial charge on any atom is 0.433 e. The van der Waals surface area contributed by atoms with Gasteiger partial charge in [0, 0.05) is 18.9 Å². The van der Waals surface area contributed by atoms with E-state index in [-0.39, 0.29) is 17.1 Å². The molecule has 0 unspecified atom stereocenters. The fraction of sp³-hybridized carbons (Fsp3) is 0.188. The van der Waals surface area contributed by atoms with E-state index in [0.29, 0.717) is 4.68 Å². The molecule has 3 aromatic rings. The van der Waals surface area contributed by atoms with Gasteiger partial charge in [-0.2, -0.15) is 18.3 Å². The number of aromatic nitrogens is 4. The minimum atomic E-state index is -4.77. The molecule has 0 aliphatic rings. The highest BCUT2D eigenvalue weighted by atomic mass is 32.2. The van der Waals surface area contributed by atoms with E-state index in [1.807, 2.05) is 0 Å².